The van der Waals surface area contributed by atoms with Crippen molar-refractivity contribution in [2.75, 3.05) is 5.32 Å². The van der Waals surface area contributed by atoms with Crippen molar-refractivity contribution in [3.63, 3.8) is 0 Å². The number of aryl methyl sites for hydroxylation is 1. The first kappa shape index (κ1) is 37.0. The van der Waals surface area contributed by atoms with Gasteiger partial charge in [-0.15, -0.1) is 15.0 Å². The molecule has 15 heteroatoms. The summed E-state index contributed by atoms with van der Waals surface area (Å²) in [5, 5.41) is 30.0. The van der Waals surface area contributed by atoms with E-state index < -0.39 is 30.4 Å². The van der Waals surface area contributed by atoms with Crippen molar-refractivity contribution in [3.05, 3.63) is 179 Å². The highest BCUT2D eigenvalue weighted by molar-refractivity contribution is 6.04. The SMILES string of the molecule is Cc1ccc(-c2noc(CC(O)C(F)F)n2)cc1NC(=O)c1cnc2cc(COCc3nnn(C(c4ccccc4)(c4ccccc4)c4ccccc4)n3)ccn12. The van der Waals surface area contributed by atoms with Gasteiger partial charge in [0.25, 0.3) is 12.3 Å². The summed E-state index contributed by atoms with van der Waals surface area (Å²) in [5.74, 6) is 0.00286. The number of anilines is 1. The fourth-order valence-corrected chi connectivity index (χ4v) is 6.67. The Hall–Kier alpha value is -6.97. The standard InChI is InChI=1S/C42H35F2N9O4/c1-27-17-18-29(40-47-38(57-50-40)23-35(54)39(43)44)22-33(27)46-41(55)34-24-45-37-21-28(19-20-52(34)37)25-56-26-36-48-51-53(49-36)42(30-11-5-2-6-12-30,31-13-7-3-8-14-31)32-15-9-4-10-16-32/h2-22,24,35,39,54H,23,25-26H2,1H3,(H,46,55). The number of nitrogens with one attached hydrogen (secondary N) is 1. The number of hydrogen-bond acceptors (Lipinski definition) is 10. The number of ether oxygens (including phenoxy) is 1. The van der Waals surface area contributed by atoms with Crippen LogP contribution in [0, 0.1) is 6.92 Å². The molecule has 1 amide bonds. The molecule has 8 rings (SSSR count). The molecule has 4 aromatic carbocycles. The van der Waals surface area contributed by atoms with Crippen LogP contribution < -0.4 is 5.32 Å². The van der Waals surface area contributed by atoms with Gasteiger partial charge in [0.05, 0.1) is 19.2 Å². The maximum atomic E-state index is 13.5. The molecule has 0 saturated carbocycles. The zero-order chi connectivity index (χ0) is 39.4. The summed E-state index contributed by atoms with van der Waals surface area (Å²) in [4.78, 5) is 23.7. The van der Waals surface area contributed by atoms with E-state index in [1.165, 1.54) is 6.20 Å². The lowest BCUT2D eigenvalue weighted by molar-refractivity contribution is -0.00754. The summed E-state index contributed by atoms with van der Waals surface area (Å²) in [7, 11) is 0. The molecule has 4 heterocycles. The number of tetrazole rings is 1. The van der Waals surface area contributed by atoms with Crippen LogP contribution in [-0.2, 0) is 29.9 Å². The zero-order valence-electron chi connectivity index (χ0n) is 30.5. The fourth-order valence-electron chi connectivity index (χ4n) is 6.67. The highest BCUT2D eigenvalue weighted by Crippen LogP contribution is 2.39. The molecule has 0 aliphatic rings. The van der Waals surface area contributed by atoms with Crippen LogP contribution in [-0.4, -0.2) is 63.3 Å². The molecule has 13 nitrogen and oxygen atoms in total. The van der Waals surface area contributed by atoms with E-state index in [9.17, 15) is 18.7 Å². The van der Waals surface area contributed by atoms with Crippen LogP contribution in [0.3, 0.4) is 0 Å². The van der Waals surface area contributed by atoms with E-state index in [0.717, 1.165) is 27.8 Å². The summed E-state index contributed by atoms with van der Waals surface area (Å²) < 4.78 is 38.3. The maximum Gasteiger partial charge on any atom is 0.274 e. The Morgan fingerprint density at radius 3 is 2.21 bits per heavy atom. The number of benzene rings is 4. The van der Waals surface area contributed by atoms with E-state index in [2.05, 4.69) is 67.2 Å². The van der Waals surface area contributed by atoms with Crippen LogP contribution >= 0.6 is 0 Å². The highest BCUT2D eigenvalue weighted by Gasteiger charge is 2.41. The van der Waals surface area contributed by atoms with E-state index in [4.69, 9.17) is 14.4 Å². The van der Waals surface area contributed by atoms with Gasteiger partial charge in [-0.1, -0.05) is 108 Å². The zero-order valence-corrected chi connectivity index (χ0v) is 30.5. The number of nitrogens with zero attached hydrogens (tertiary/aromatic N) is 8. The molecule has 4 aromatic heterocycles. The Bertz CT molecular complexity index is 2520. The Balaban J connectivity index is 0.959. The average Bonchev–Trinajstić information content (AvgIpc) is 4.01. The van der Waals surface area contributed by atoms with Gasteiger partial charge in [-0.25, -0.2) is 13.8 Å². The molecular formula is C42H35F2N9O4. The van der Waals surface area contributed by atoms with Crippen LogP contribution in [0.2, 0.25) is 0 Å². The van der Waals surface area contributed by atoms with Gasteiger partial charge in [-0.2, -0.15) is 4.98 Å². The van der Waals surface area contributed by atoms with Crippen molar-refractivity contribution in [1.29, 1.82) is 0 Å². The molecule has 0 aliphatic heterocycles. The molecule has 2 N–H and O–H groups in total. The predicted octanol–water partition coefficient (Wildman–Crippen LogP) is 6.66. The van der Waals surface area contributed by atoms with Gasteiger partial charge in [-0.05, 0) is 58.2 Å². The molecular weight excluding hydrogens is 733 g/mol. The van der Waals surface area contributed by atoms with E-state index in [-0.39, 0.29) is 24.9 Å². The minimum Gasteiger partial charge on any atom is -0.387 e. The van der Waals surface area contributed by atoms with Gasteiger partial charge in [0.15, 0.2) is 11.4 Å². The first-order valence-electron chi connectivity index (χ1n) is 18.0. The predicted molar refractivity (Wildman–Crippen MR) is 204 cm³/mol. The minimum atomic E-state index is -2.94. The van der Waals surface area contributed by atoms with Crippen molar-refractivity contribution >= 4 is 17.2 Å². The third kappa shape index (κ3) is 7.53. The number of halogens is 2. The molecule has 0 radical (unpaired) electrons. The third-order valence-electron chi connectivity index (χ3n) is 9.53. The number of pyridine rings is 1. The van der Waals surface area contributed by atoms with Crippen LogP contribution in [0.5, 0.6) is 0 Å². The van der Waals surface area contributed by atoms with Gasteiger partial charge in [-0.3, -0.25) is 9.20 Å². The molecule has 1 unspecified atom stereocenters. The first-order valence-corrected chi connectivity index (χ1v) is 18.0. The molecule has 0 saturated heterocycles. The summed E-state index contributed by atoms with van der Waals surface area (Å²) in [6.07, 6.45) is -2.11. The van der Waals surface area contributed by atoms with Crippen molar-refractivity contribution in [3.8, 4) is 11.4 Å². The van der Waals surface area contributed by atoms with Gasteiger partial charge < -0.3 is 19.7 Å². The van der Waals surface area contributed by atoms with Gasteiger partial charge >= 0.3 is 0 Å². The number of fused-ring (bicyclic) bond motifs is 1. The summed E-state index contributed by atoms with van der Waals surface area (Å²) in [6.45, 7) is 2.15. The molecule has 0 spiro atoms. The number of amides is 1. The number of alkyl halides is 2. The molecule has 0 fully saturated rings. The smallest absolute Gasteiger partial charge is 0.274 e. The number of hydrogen-bond donors (Lipinski definition) is 2. The average molecular weight is 768 g/mol. The normalized spacial score (nSPS) is 12.3. The summed E-state index contributed by atoms with van der Waals surface area (Å²) in [5.41, 5.74) is 5.42. The number of aromatic nitrogens is 8. The van der Waals surface area contributed by atoms with E-state index in [1.54, 1.807) is 33.6 Å². The summed E-state index contributed by atoms with van der Waals surface area (Å²) >= 11 is 0. The molecule has 8 aromatic rings. The number of carbonyl (C=O) groups excluding carboxylic acids is 1. The van der Waals surface area contributed by atoms with Crippen molar-refractivity contribution in [2.24, 2.45) is 0 Å². The molecule has 1 atom stereocenters. The van der Waals surface area contributed by atoms with Crippen LogP contribution in [0.25, 0.3) is 17.0 Å². The molecule has 0 bridgehead atoms. The van der Waals surface area contributed by atoms with Crippen LogP contribution in [0.15, 0.2) is 138 Å². The number of carbonyl (C=O) groups is 1. The number of rotatable bonds is 14. The topological polar surface area (TPSA) is 158 Å². The van der Waals surface area contributed by atoms with Crippen molar-refractivity contribution in [1.82, 2.24) is 39.7 Å². The van der Waals surface area contributed by atoms with Crippen molar-refractivity contribution < 1.29 is 27.9 Å². The van der Waals surface area contributed by atoms with Gasteiger partial charge in [0.1, 0.15) is 24.1 Å². The number of aliphatic hydroxyl groups is 1. The first-order chi connectivity index (χ1) is 27.8. The Morgan fingerprint density at radius 1 is 0.895 bits per heavy atom. The summed E-state index contributed by atoms with van der Waals surface area (Å²) in [6, 6.07) is 39.1. The second-order valence-electron chi connectivity index (χ2n) is 13.3. The molecule has 0 aliphatic carbocycles. The minimum absolute atomic E-state index is 0.100. The monoisotopic (exact) mass is 767 g/mol. The Kier molecular flexibility index (Phi) is 10.4. The molecule has 286 valence electrons. The molecule has 57 heavy (non-hydrogen) atoms. The lowest BCUT2D eigenvalue weighted by Gasteiger charge is -2.34. The largest absolute Gasteiger partial charge is 0.387 e. The van der Waals surface area contributed by atoms with E-state index >= 15 is 0 Å². The van der Waals surface area contributed by atoms with Gasteiger partial charge in [0, 0.05) is 17.4 Å². The Labute approximate surface area is 324 Å². The van der Waals surface area contributed by atoms with E-state index in [0.29, 0.717) is 28.4 Å². The quantitative estimate of drug-likeness (QED) is 0.115. The lowest BCUT2D eigenvalue weighted by Crippen LogP contribution is -2.39. The van der Waals surface area contributed by atoms with E-state index in [1.807, 2.05) is 73.7 Å². The highest BCUT2D eigenvalue weighted by atomic mass is 19.3. The Morgan fingerprint density at radius 2 is 1.56 bits per heavy atom. The van der Waals surface area contributed by atoms with Crippen molar-refractivity contribution in [2.45, 2.75) is 44.6 Å². The third-order valence-corrected chi connectivity index (χ3v) is 9.53. The fraction of sp³-hybridized carbons (Fsp3) is 0.167. The number of imidazole rings is 1. The second-order valence-corrected chi connectivity index (χ2v) is 13.3. The lowest BCUT2D eigenvalue weighted by atomic mass is 9.77. The van der Waals surface area contributed by atoms with Gasteiger partial charge in [0.2, 0.25) is 11.7 Å². The van der Waals surface area contributed by atoms with Crippen LogP contribution in [0.1, 0.15) is 50.0 Å². The second kappa shape index (κ2) is 16.0. The maximum absolute atomic E-state index is 13.5. The van der Waals surface area contributed by atoms with Crippen LogP contribution in [0.4, 0.5) is 14.5 Å². The number of aliphatic hydroxyl groups excluding tert-OH is 1.